The monoisotopic (exact) mass is 1320 g/mol. The summed E-state index contributed by atoms with van der Waals surface area (Å²) in [6.07, 6.45) is 0. The molecule has 0 bridgehead atoms. The molecule has 6 nitrogen and oxygen atoms in total. The van der Waals surface area contributed by atoms with Crippen LogP contribution < -0.4 is 55.8 Å². The summed E-state index contributed by atoms with van der Waals surface area (Å²) in [5.74, 6) is 0. The van der Waals surface area contributed by atoms with E-state index < -0.39 is 28.7 Å². The van der Waals surface area contributed by atoms with Gasteiger partial charge in [-0.3, -0.25) is 0 Å². The van der Waals surface area contributed by atoms with Gasteiger partial charge < -0.3 is 0 Å². The molecule has 0 fully saturated rings. The van der Waals surface area contributed by atoms with Gasteiger partial charge >= 0.3 is 556 Å². The Balaban J connectivity index is 0.984. The van der Waals surface area contributed by atoms with Gasteiger partial charge in [0.15, 0.2) is 0 Å². The molecule has 6 aliphatic heterocycles. The average Bonchev–Trinajstić information content (AvgIpc) is 0.658. The van der Waals surface area contributed by atoms with Crippen LogP contribution in [0.5, 0.6) is 0 Å². The Morgan fingerprint density at radius 2 is 0.351 bits per heavy atom. The average molecular weight is 1320 g/mol. The summed E-state index contributed by atoms with van der Waals surface area (Å²) >= 11 is -6.85. The number of anilines is 18. The Morgan fingerprint density at radius 3 is 0.617 bits per heavy atom. The Bertz CT molecular complexity index is 5550. The summed E-state index contributed by atoms with van der Waals surface area (Å²) in [7, 11) is 0. The van der Waals surface area contributed by atoms with Crippen molar-refractivity contribution in [3.8, 4) is 0 Å². The molecule has 94 heavy (non-hydrogen) atoms. The molecule has 0 aliphatic carbocycles. The number of rotatable bonds is 6. The second-order valence-electron chi connectivity index (χ2n) is 25.8. The number of hydrogen-bond donors (Lipinski definition) is 0. The van der Waals surface area contributed by atoms with E-state index in [0.717, 1.165) is 34.1 Å². The molecule has 0 saturated carbocycles. The summed E-state index contributed by atoms with van der Waals surface area (Å²) in [6, 6.07) is 121. The van der Waals surface area contributed by atoms with Gasteiger partial charge in [0.2, 0.25) is 0 Å². The molecule has 0 amide bonds. The molecule has 436 valence electrons. The van der Waals surface area contributed by atoms with Crippen LogP contribution in [0, 0.1) is 0 Å². The van der Waals surface area contributed by atoms with Crippen LogP contribution in [0.1, 0.15) is 0 Å². The van der Waals surface area contributed by atoms with E-state index in [9.17, 15) is 0 Å². The SMILES string of the molecule is c1ccc(N2c3cc4ccccc4c4[c]3[GeH]3[c]5c(cc6ccccc6c5N4c4ccccc4)N(c4ccccc4)c4[c]3c2cc2c3[c]5c(cc42)N(c2ccccc2)c2cc4ccccc4c4[c]2[GeH]5[c]2c(cc5ccccc5c2N4c2ccccc2)N3c2ccccc2)cc1. The van der Waals surface area contributed by atoms with E-state index >= 15 is 0 Å². The normalized spacial score (nSPS) is 15.5. The molecule has 0 spiro atoms. The van der Waals surface area contributed by atoms with Gasteiger partial charge in [-0.1, -0.05) is 0 Å². The van der Waals surface area contributed by atoms with Crippen molar-refractivity contribution in [2.75, 3.05) is 29.4 Å². The third-order valence-electron chi connectivity index (χ3n) is 21.2. The van der Waals surface area contributed by atoms with Gasteiger partial charge in [-0.25, -0.2) is 0 Å². The number of fused-ring (bicyclic) bond motifs is 11. The zero-order chi connectivity index (χ0) is 61.0. The van der Waals surface area contributed by atoms with E-state index in [-0.39, 0.29) is 0 Å². The fourth-order valence-corrected chi connectivity index (χ4v) is 34.8. The van der Waals surface area contributed by atoms with Gasteiger partial charge in [0.25, 0.3) is 0 Å². The summed E-state index contributed by atoms with van der Waals surface area (Å²) in [5.41, 5.74) is 22.4. The van der Waals surface area contributed by atoms with Gasteiger partial charge in [0, 0.05) is 0 Å². The van der Waals surface area contributed by atoms with E-state index in [2.05, 4.69) is 345 Å². The maximum atomic E-state index is 2.74. The number of benzene rings is 16. The van der Waals surface area contributed by atoms with Crippen LogP contribution in [0.4, 0.5) is 102 Å². The van der Waals surface area contributed by atoms with E-state index in [0.29, 0.717) is 0 Å². The first kappa shape index (κ1) is 51.3. The van der Waals surface area contributed by atoms with Gasteiger partial charge in [-0.05, 0) is 0 Å². The molecule has 0 aromatic heterocycles. The topological polar surface area (TPSA) is 19.4 Å². The first-order valence-electron chi connectivity index (χ1n) is 32.7. The molecule has 0 radical (unpaired) electrons. The van der Waals surface area contributed by atoms with E-state index in [1.54, 1.807) is 0 Å². The van der Waals surface area contributed by atoms with Crippen LogP contribution in [0.3, 0.4) is 0 Å². The summed E-state index contributed by atoms with van der Waals surface area (Å²) in [5, 5.41) is 12.5. The molecule has 6 heterocycles. The van der Waals surface area contributed by atoms with Crippen LogP contribution in [0.15, 0.2) is 315 Å². The zero-order valence-electron chi connectivity index (χ0n) is 50.9. The Kier molecular flexibility index (Phi) is 10.5. The molecule has 2 unspecified atom stereocenters. The summed E-state index contributed by atoms with van der Waals surface area (Å²) < 4.78 is 8.99. The second-order valence-corrected chi connectivity index (χ2v) is 36.7. The number of nitrogens with zero attached hydrogens (tertiary/aromatic N) is 6. The molecule has 22 rings (SSSR count). The fourth-order valence-electron chi connectivity index (χ4n) is 17.8. The molecular weight excluding hydrogens is 1260 g/mol. The molecule has 16 aromatic carbocycles. The first-order valence-corrected chi connectivity index (χ1v) is 40.0. The third kappa shape index (κ3) is 6.70. The minimum absolute atomic E-state index is 1.14. The van der Waals surface area contributed by atoms with Gasteiger partial charge in [0.05, 0.1) is 0 Å². The van der Waals surface area contributed by atoms with Crippen molar-refractivity contribution in [3.63, 3.8) is 0 Å². The summed E-state index contributed by atoms with van der Waals surface area (Å²) in [6.45, 7) is 0. The van der Waals surface area contributed by atoms with Gasteiger partial charge in [0.1, 0.15) is 0 Å². The van der Waals surface area contributed by atoms with E-state index in [1.165, 1.54) is 148 Å². The van der Waals surface area contributed by atoms with Crippen molar-refractivity contribution in [1.29, 1.82) is 0 Å². The number of hydrogen-bond acceptors (Lipinski definition) is 6. The van der Waals surface area contributed by atoms with Crippen molar-refractivity contribution in [1.82, 2.24) is 0 Å². The molecule has 6 aliphatic rings. The molecule has 16 aromatic rings. The molecular formula is C86H54Ge2N6. The van der Waals surface area contributed by atoms with Crippen LogP contribution in [0.25, 0.3) is 53.9 Å². The van der Waals surface area contributed by atoms with Gasteiger partial charge in [-0.2, -0.15) is 0 Å². The predicted molar refractivity (Wildman–Crippen MR) is 401 cm³/mol. The van der Waals surface area contributed by atoms with Crippen molar-refractivity contribution >= 4 is 211 Å². The third-order valence-corrected chi connectivity index (χ3v) is 35.6. The second kappa shape index (κ2) is 19.1. The Labute approximate surface area is 552 Å². The molecule has 8 heteroatoms. The maximum absolute atomic E-state index is 3.42. The van der Waals surface area contributed by atoms with Crippen molar-refractivity contribution < 1.29 is 0 Å². The van der Waals surface area contributed by atoms with Crippen molar-refractivity contribution in [3.05, 3.63) is 315 Å². The van der Waals surface area contributed by atoms with Crippen molar-refractivity contribution in [2.24, 2.45) is 0 Å². The summed E-state index contributed by atoms with van der Waals surface area (Å²) in [4.78, 5) is 16.2. The van der Waals surface area contributed by atoms with Gasteiger partial charge in [-0.15, -0.1) is 0 Å². The van der Waals surface area contributed by atoms with Crippen LogP contribution in [0.2, 0.25) is 0 Å². The zero-order valence-corrected chi connectivity index (χ0v) is 55.7. The molecule has 2 atom stereocenters. The Morgan fingerprint density at radius 1 is 0.160 bits per heavy atom. The molecule has 0 saturated heterocycles. The first-order chi connectivity index (χ1) is 46.7. The predicted octanol–water partition coefficient (Wildman–Crippen LogP) is 18.6. The van der Waals surface area contributed by atoms with E-state index in [4.69, 9.17) is 0 Å². The number of para-hydroxylation sites is 6. The minimum atomic E-state index is -3.42. The van der Waals surface area contributed by atoms with Crippen LogP contribution in [-0.2, 0) is 0 Å². The van der Waals surface area contributed by atoms with Crippen LogP contribution >= 0.6 is 0 Å². The van der Waals surface area contributed by atoms with E-state index in [1.807, 2.05) is 0 Å². The molecule has 0 N–H and O–H groups in total. The quantitative estimate of drug-likeness (QED) is 0.153. The van der Waals surface area contributed by atoms with Crippen molar-refractivity contribution in [2.45, 2.75) is 0 Å². The Hall–Kier alpha value is -11.3. The fraction of sp³-hybridized carbons (Fsp3) is 0. The van der Waals surface area contributed by atoms with Crippen LogP contribution in [-0.4, -0.2) is 28.7 Å². The standard InChI is InChI=1S/C86H54Ge2N6/c1-7-31-57(32-8-1)89-69-47-53-27-19-23-43-63(53)81-75(69)87-77-71(49-55-29-21-25-45-65(55)83(77)93(81)61-39-15-5-16-40-61)91(59-35-11-3-12-36-59)85-68-52-74-80-86(67(68)51-73(89)79(85)87)92(60-37-13-4-14-38-60)72-50-56-30-22-26-46-66(56)84-78(72)88(80)76-70(90(74)58-33-9-2-10-34-58)48-54-28-20-24-44-64(54)82(76)94(84)62-41-17-6-18-42-62/h1-52,87-88H.